The van der Waals surface area contributed by atoms with Crippen molar-refractivity contribution < 1.29 is 0 Å². The van der Waals surface area contributed by atoms with E-state index in [-0.39, 0.29) is 5.41 Å². The van der Waals surface area contributed by atoms with Crippen LogP contribution in [0.25, 0.3) is 112 Å². The zero-order valence-corrected chi connectivity index (χ0v) is 41.7. The number of benzene rings is 8. The molecule has 352 valence electrons. The maximum atomic E-state index is 4.97. The maximum absolute atomic E-state index is 4.97. The molecule has 0 aliphatic rings. The quantitative estimate of drug-likeness (QED) is 0.109. The van der Waals surface area contributed by atoms with Gasteiger partial charge in [0.1, 0.15) is 0 Å². The molecule has 3 nitrogen and oxygen atoms in total. The first-order chi connectivity index (χ1) is 35.9. The van der Waals surface area contributed by atoms with E-state index in [1.807, 2.05) is 42.9 Å². The van der Waals surface area contributed by atoms with Crippen LogP contribution in [0.1, 0.15) is 45.6 Å². The largest absolute Gasteiger partial charge is 0.256 e. The minimum absolute atomic E-state index is 0.0542. The average molecular weight is 940 g/mol. The predicted molar refractivity (Wildman–Crippen MR) is 307 cm³/mol. The fourth-order valence-corrected chi connectivity index (χ4v) is 10.3. The second-order valence-corrected chi connectivity index (χ2v) is 19.6. The van der Waals surface area contributed by atoms with E-state index in [4.69, 9.17) is 4.98 Å². The molecule has 3 heteroatoms. The predicted octanol–water partition coefficient (Wildman–Crippen LogP) is 19.0. The second-order valence-electron chi connectivity index (χ2n) is 19.6. The Balaban J connectivity index is 1.08. The molecule has 0 fully saturated rings. The SMILES string of the molecule is CCCCC(C)(C)c1ccnc(-c2ccc(-c3ccccc3-c3cc(-c4ccccc4-c4ccc(-c5ccccn5)cc4)cc(-c4ccccc4-c4ccc(-c5ccccn5)cc4)c3)c(-c3ccccc3)c2)c1. The molecule has 0 amide bonds. The van der Waals surface area contributed by atoms with E-state index in [1.165, 1.54) is 40.7 Å². The summed E-state index contributed by atoms with van der Waals surface area (Å²) in [4.78, 5) is 14.2. The molecule has 3 heterocycles. The fourth-order valence-electron chi connectivity index (χ4n) is 10.3. The number of hydrogen-bond acceptors (Lipinski definition) is 3. The molecule has 3 aromatic heterocycles. The molecule has 11 aromatic rings. The van der Waals surface area contributed by atoms with Crippen molar-refractivity contribution in [2.75, 3.05) is 0 Å². The van der Waals surface area contributed by atoms with E-state index in [0.29, 0.717) is 0 Å². The Bertz CT molecular complexity index is 3510. The van der Waals surface area contributed by atoms with Crippen LogP contribution in [0.3, 0.4) is 0 Å². The van der Waals surface area contributed by atoms with Crippen molar-refractivity contribution in [2.24, 2.45) is 0 Å². The monoisotopic (exact) mass is 939 g/mol. The zero-order chi connectivity index (χ0) is 49.6. The molecule has 0 spiro atoms. The van der Waals surface area contributed by atoms with Gasteiger partial charge in [0.25, 0.3) is 0 Å². The van der Waals surface area contributed by atoms with Gasteiger partial charge in [0.15, 0.2) is 0 Å². The van der Waals surface area contributed by atoms with Gasteiger partial charge in [-0.25, -0.2) is 0 Å². The molecule has 0 saturated carbocycles. The van der Waals surface area contributed by atoms with E-state index in [1.54, 1.807) is 0 Å². The summed E-state index contributed by atoms with van der Waals surface area (Å²) in [6.45, 7) is 6.98. The highest BCUT2D eigenvalue weighted by atomic mass is 14.7. The lowest BCUT2D eigenvalue weighted by Crippen LogP contribution is -2.17. The van der Waals surface area contributed by atoms with Crippen LogP contribution < -0.4 is 0 Å². The van der Waals surface area contributed by atoms with Crippen LogP contribution in [0.2, 0.25) is 0 Å². The third kappa shape index (κ3) is 9.96. The number of aromatic nitrogens is 3. The molecule has 0 bridgehead atoms. The van der Waals surface area contributed by atoms with Crippen LogP contribution in [0, 0.1) is 0 Å². The molecule has 0 aliphatic heterocycles. The third-order valence-electron chi connectivity index (χ3n) is 14.3. The number of unbranched alkanes of at least 4 members (excludes halogenated alkanes) is 1. The smallest absolute Gasteiger partial charge is 0.0705 e. The Kier molecular flexibility index (Phi) is 13.3. The van der Waals surface area contributed by atoms with E-state index < -0.39 is 0 Å². The highest BCUT2D eigenvalue weighted by molar-refractivity contribution is 5.97. The lowest BCUT2D eigenvalue weighted by Gasteiger charge is -2.25. The van der Waals surface area contributed by atoms with E-state index in [9.17, 15) is 0 Å². The van der Waals surface area contributed by atoms with Gasteiger partial charge in [0.2, 0.25) is 0 Å². The summed E-state index contributed by atoms with van der Waals surface area (Å²) in [7, 11) is 0. The minimum Gasteiger partial charge on any atom is -0.256 e. The molecule has 11 rings (SSSR count). The van der Waals surface area contributed by atoms with Gasteiger partial charge in [0.05, 0.1) is 17.1 Å². The highest BCUT2D eigenvalue weighted by Crippen LogP contribution is 2.45. The van der Waals surface area contributed by atoms with Crippen LogP contribution in [-0.2, 0) is 5.41 Å². The number of pyridine rings is 3. The summed E-state index contributed by atoms with van der Waals surface area (Å²) in [5.74, 6) is 0. The molecule has 8 aromatic carbocycles. The number of hydrogen-bond donors (Lipinski definition) is 0. The van der Waals surface area contributed by atoms with Crippen molar-refractivity contribution in [1.82, 2.24) is 15.0 Å². The van der Waals surface area contributed by atoms with E-state index >= 15 is 0 Å². The number of nitrogens with zero attached hydrogens (tertiary/aromatic N) is 3. The second kappa shape index (κ2) is 20.9. The van der Waals surface area contributed by atoms with Crippen molar-refractivity contribution in [3.05, 3.63) is 261 Å². The molecule has 0 saturated heterocycles. The summed E-state index contributed by atoms with van der Waals surface area (Å²) in [6.07, 6.45) is 9.20. The van der Waals surface area contributed by atoms with Gasteiger partial charge >= 0.3 is 0 Å². The molecule has 0 N–H and O–H groups in total. The van der Waals surface area contributed by atoms with Crippen molar-refractivity contribution in [2.45, 2.75) is 45.4 Å². The minimum atomic E-state index is 0.0542. The highest BCUT2D eigenvalue weighted by Gasteiger charge is 2.22. The van der Waals surface area contributed by atoms with Crippen LogP contribution in [0.4, 0.5) is 0 Å². The lowest BCUT2D eigenvalue weighted by atomic mass is 9.80. The van der Waals surface area contributed by atoms with Crippen LogP contribution in [-0.4, -0.2) is 15.0 Å². The van der Waals surface area contributed by atoms with Crippen LogP contribution >= 0.6 is 0 Å². The van der Waals surface area contributed by atoms with Crippen molar-refractivity contribution >= 4 is 0 Å². The molecule has 0 atom stereocenters. The van der Waals surface area contributed by atoms with Gasteiger partial charge < -0.3 is 0 Å². The van der Waals surface area contributed by atoms with Gasteiger partial charge in [-0.1, -0.05) is 210 Å². The Morgan fingerprint density at radius 3 is 1.18 bits per heavy atom. The topological polar surface area (TPSA) is 38.7 Å². The average Bonchev–Trinajstić information content (AvgIpc) is 3.47. The molecule has 0 aliphatic carbocycles. The van der Waals surface area contributed by atoms with Gasteiger partial charge in [0, 0.05) is 35.3 Å². The van der Waals surface area contributed by atoms with E-state index in [0.717, 1.165) is 95.8 Å². The molecule has 73 heavy (non-hydrogen) atoms. The van der Waals surface area contributed by atoms with Gasteiger partial charge in [-0.3, -0.25) is 15.0 Å². The summed E-state index contributed by atoms with van der Waals surface area (Å²) in [5.41, 5.74) is 23.7. The molecular weight excluding hydrogens is 883 g/mol. The first-order valence-corrected chi connectivity index (χ1v) is 25.5. The first kappa shape index (κ1) is 46.6. The summed E-state index contributed by atoms with van der Waals surface area (Å²) in [5, 5.41) is 0. The normalized spacial score (nSPS) is 11.4. The Morgan fingerprint density at radius 2 is 0.685 bits per heavy atom. The van der Waals surface area contributed by atoms with E-state index in [2.05, 4.69) is 243 Å². The lowest BCUT2D eigenvalue weighted by molar-refractivity contribution is 0.457. The fraction of sp³-hybridized carbons (Fsp3) is 0.100. The summed E-state index contributed by atoms with van der Waals surface area (Å²) >= 11 is 0. The number of rotatable bonds is 14. The Hall–Kier alpha value is -8.79. The van der Waals surface area contributed by atoms with Gasteiger partial charge in [-0.2, -0.15) is 0 Å². The molecule has 0 radical (unpaired) electrons. The summed E-state index contributed by atoms with van der Waals surface area (Å²) in [6, 6.07) is 85.6. The molecule has 0 unspecified atom stereocenters. The Morgan fingerprint density at radius 1 is 0.288 bits per heavy atom. The summed E-state index contributed by atoms with van der Waals surface area (Å²) < 4.78 is 0. The zero-order valence-electron chi connectivity index (χ0n) is 41.7. The standard InChI is InChI=1S/C70H57N3/c1-4-5-40-70(2,3)58-39-43-73-69(48-58)54-37-38-65(66(47-54)49-19-7-6-8-20-49)64-26-14-13-25-63(64)57-45-55(61-23-11-9-21-59(61)50-29-33-52(34-30-50)67-27-15-17-41-71-67)44-56(46-57)62-24-12-10-22-60(62)51-31-35-53(36-32-51)68-28-16-18-42-72-68/h6-39,41-48H,4-5,40H2,1-3H3. The third-order valence-corrected chi connectivity index (χ3v) is 14.3. The maximum Gasteiger partial charge on any atom is 0.0705 e. The van der Waals surface area contributed by atoms with Crippen molar-refractivity contribution in [1.29, 1.82) is 0 Å². The van der Waals surface area contributed by atoms with Crippen molar-refractivity contribution in [3.8, 4) is 112 Å². The van der Waals surface area contributed by atoms with Crippen molar-refractivity contribution in [3.63, 3.8) is 0 Å². The van der Waals surface area contributed by atoms with Crippen LogP contribution in [0.15, 0.2) is 255 Å². The first-order valence-electron chi connectivity index (χ1n) is 25.5. The van der Waals surface area contributed by atoms with Crippen LogP contribution in [0.5, 0.6) is 0 Å². The molecular formula is C70H57N3. The van der Waals surface area contributed by atoms with Gasteiger partial charge in [-0.05, 0) is 156 Å². The Labute approximate surface area is 430 Å². The van der Waals surface area contributed by atoms with Gasteiger partial charge in [-0.15, -0.1) is 0 Å².